The van der Waals surface area contributed by atoms with Crippen LogP contribution in [0.4, 0.5) is 11.4 Å². The quantitative estimate of drug-likeness (QED) is 0.195. The average Bonchev–Trinajstić information content (AvgIpc) is 2.86. The van der Waals surface area contributed by atoms with Crippen LogP contribution in [0, 0.1) is 0 Å². The van der Waals surface area contributed by atoms with Crippen molar-refractivity contribution in [2.75, 3.05) is 41.6 Å². The number of rotatable bonds is 13. The highest BCUT2D eigenvalue weighted by atomic mass is 35.5. The molecule has 1 saturated heterocycles. The molecule has 1 aliphatic heterocycles. The first kappa shape index (κ1) is 31.2. The number of hydrogen-bond acceptors (Lipinski definition) is 7. The van der Waals surface area contributed by atoms with Crippen LogP contribution in [0.2, 0.25) is 0 Å². The minimum Gasteiger partial charge on any atom is -0.390 e. The lowest BCUT2D eigenvalue weighted by molar-refractivity contribution is 0.0831. The fourth-order valence-corrected chi connectivity index (χ4v) is 6.07. The van der Waals surface area contributed by atoms with Gasteiger partial charge >= 0.3 is 0 Å². The number of nitrogens with zero attached hydrogens (tertiary/aromatic N) is 1. The number of carbonyl (C=O) groups is 1. The van der Waals surface area contributed by atoms with E-state index in [2.05, 4.69) is 22.9 Å². The zero-order chi connectivity index (χ0) is 26.0. The van der Waals surface area contributed by atoms with E-state index in [9.17, 15) is 19.0 Å². The number of hydrogen-bond donors (Lipinski definition) is 6. The van der Waals surface area contributed by atoms with E-state index in [1.165, 1.54) is 0 Å². The van der Waals surface area contributed by atoms with Gasteiger partial charge in [-0.05, 0) is 62.9 Å². The van der Waals surface area contributed by atoms with Crippen LogP contribution in [0.1, 0.15) is 55.5 Å². The van der Waals surface area contributed by atoms with Gasteiger partial charge in [-0.2, -0.15) is 0 Å². The highest BCUT2D eigenvalue weighted by Crippen LogP contribution is 2.50. The largest absolute Gasteiger partial charge is 0.390 e. The van der Waals surface area contributed by atoms with Crippen molar-refractivity contribution >= 4 is 40.5 Å². The van der Waals surface area contributed by atoms with E-state index < -0.39 is 22.9 Å². The molecule has 2 aromatic rings. The van der Waals surface area contributed by atoms with Crippen LogP contribution in [0.25, 0.3) is 0 Å². The van der Waals surface area contributed by atoms with Gasteiger partial charge < -0.3 is 21.1 Å². The fourth-order valence-electron chi connectivity index (χ4n) is 4.39. The molecule has 1 aliphatic rings. The molecule has 2 atom stereocenters. The van der Waals surface area contributed by atoms with E-state index in [-0.39, 0.29) is 18.3 Å². The molecule has 0 saturated carbocycles. The molecule has 8 nitrogen and oxygen atoms in total. The summed E-state index contributed by atoms with van der Waals surface area (Å²) in [6.45, 7) is 6.48. The van der Waals surface area contributed by atoms with Crippen molar-refractivity contribution < 1.29 is 19.0 Å². The van der Waals surface area contributed by atoms with Crippen molar-refractivity contribution in [3.8, 4) is 0 Å². The first-order valence-electron chi connectivity index (χ1n) is 13.0. The number of aliphatic hydroxyl groups is 1. The summed E-state index contributed by atoms with van der Waals surface area (Å²) >= 11 is 0. The van der Waals surface area contributed by atoms with Gasteiger partial charge in [-0.15, -0.1) is 23.2 Å². The van der Waals surface area contributed by atoms with Gasteiger partial charge in [-0.1, -0.05) is 43.7 Å². The van der Waals surface area contributed by atoms with E-state index in [0.29, 0.717) is 43.1 Å². The number of carbonyl (C=O) groups excluding carboxylic acids is 1. The number of unbranched alkanes of at least 4 members (excludes halogenated alkanes) is 1. The van der Waals surface area contributed by atoms with Gasteiger partial charge in [0.2, 0.25) is 0 Å². The standard InChI is InChI=1S/C27H42N4O4S.ClH/c1-3-5-13-28-20-26(32)25(16-21-11-7-6-8-12-21)30-27(33)22-17-23(29-4-2)19-24(18-22)31-14-9-10-15-36(31,34)35;/h6-8,11-12,17-19,25-26,28-29,32,34-35H,3-5,9-10,13-16,20H2,1-2H3,(H,30,33);1H/t25-,26-;/m0./s1. The van der Waals surface area contributed by atoms with Crippen LogP contribution in [0.5, 0.6) is 0 Å². The highest BCUT2D eigenvalue weighted by molar-refractivity contribution is 8.25. The summed E-state index contributed by atoms with van der Waals surface area (Å²) in [4.78, 5) is 13.5. The Labute approximate surface area is 229 Å². The number of amides is 1. The summed E-state index contributed by atoms with van der Waals surface area (Å²) in [6, 6.07) is 14.7. The van der Waals surface area contributed by atoms with E-state index in [1.807, 2.05) is 43.3 Å². The average molecular weight is 555 g/mol. The van der Waals surface area contributed by atoms with Gasteiger partial charge in [0, 0.05) is 30.9 Å². The zero-order valence-electron chi connectivity index (χ0n) is 21.9. The molecule has 0 unspecified atom stereocenters. The second-order valence-corrected chi connectivity index (χ2v) is 11.5. The molecule has 37 heavy (non-hydrogen) atoms. The Balaban J connectivity index is 0.00000481. The Morgan fingerprint density at radius 1 is 1.11 bits per heavy atom. The molecule has 0 spiro atoms. The molecule has 0 aromatic heterocycles. The highest BCUT2D eigenvalue weighted by Gasteiger charge is 2.28. The third-order valence-electron chi connectivity index (χ3n) is 6.37. The van der Waals surface area contributed by atoms with Crippen molar-refractivity contribution in [2.24, 2.45) is 0 Å². The molecule has 208 valence electrons. The van der Waals surface area contributed by atoms with Crippen molar-refractivity contribution in [1.29, 1.82) is 0 Å². The predicted molar refractivity (Wildman–Crippen MR) is 157 cm³/mol. The third-order valence-corrected chi connectivity index (χ3v) is 8.31. The van der Waals surface area contributed by atoms with E-state index in [1.54, 1.807) is 16.4 Å². The van der Waals surface area contributed by atoms with Gasteiger partial charge in [0.25, 0.3) is 5.91 Å². The molecule has 10 heteroatoms. The second-order valence-electron chi connectivity index (χ2n) is 9.34. The number of halogens is 1. The fraction of sp³-hybridized carbons (Fsp3) is 0.519. The number of aliphatic hydroxyl groups excluding tert-OH is 1. The van der Waals surface area contributed by atoms with Crippen molar-refractivity contribution in [3.05, 3.63) is 59.7 Å². The Morgan fingerprint density at radius 3 is 2.54 bits per heavy atom. The zero-order valence-corrected chi connectivity index (χ0v) is 23.5. The predicted octanol–water partition coefficient (Wildman–Crippen LogP) is 4.90. The molecule has 3 rings (SSSR count). The van der Waals surface area contributed by atoms with Crippen molar-refractivity contribution in [2.45, 2.75) is 58.1 Å². The maximum Gasteiger partial charge on any atom is 0.251 e. The number of benzene rings is 2. The van der Waals surface area contributed by atoms with E-state index >= 15 is 0 Å². The van der Waals surface area contributed by atoms with Crippen LogP contribution >= 0.6 is 23.2 Å². The minimum absolute atomic E-state index is 0. The van der Waals surface area contributed by atoms with Gasteiger partial charge in [-0.25, -0.2) is 0 Å². The van der Waals surface area contributed by atoms with Gasteiger partial charge in [0.15, 0.2) is 0 Å². The summed E-state index contributed by atoms with van der Waals surface area (Å²) < 4.78 is 22.9. The minimum atomic E-state index is -2.92. The molecule has 1 fully saturated rings. The summed E-state index contributed by atoms with van der Waals surface area (Å²) in [7, 11) is -2.92. The number of anilines is 2. The molecular weight excluding hydrogens is 512 g/mol. The Bertz CT molecular complexity index is 967. The molecule has 0 radical (unpaired) electrons. The molecule has 1 heterocycles. The first-order valence-corrected chi connectivity index (χ1v) is 14.7. The van der Waals surface area contributed by atoms with Crippen LogP contribution in [-0.2, 0) is 6.42 Å². The maximum atomic E-state index is 13.5. The Morgan fingerprint density at radius 2 is 1.86 bits per heavy atom. The van der Waals surface area contributed by atoms with Crippen molar-refractivity contribution in [3.63, 3.8) is 0 Å². The van der Waals surface area contributed by atoms with Gasteiger partial charge in [-0.3, -0.25) is 18.2 Å². The summed E-state index contributed by atoms with van der Waals surface area (Å²) in [5.41, 5.74) is 2.79. The lowest BCUT2D eigenvalue weighted by Gasteiger charge is -2.47. The Kier molecular flexibility index (Phi) is 13.0. The first-order chi connectivity index (χ1) is 17.3. The molecule has 6 N–H and O–H groups in total. The summed E-state index contributed by atoms with van der Waals surface area (Å²) in [5.74, 6) is 0.0223. The smallest absolute Gasteiger partial charge is 0.251 e. The van der Waals surface area contributed by atoms with Crippen molar-refractivity contribution in [1.82, 2.24) is 10.6 Å². The molecule has 2 aromatic carbocycles. The van der Waals surface area contributed by atoms with Crippen LogP contribution in [-0.4, -0.2) is 64.2 Å². The molecule has 0 aliphatic carbocycles. The SMILES string of the molecule is CCCCNC[C@H](O)[C@H](Cc1ccccc1)NC(=O)c1cc(NCC)cc(N2CCCCS2(O)O)c1.Cl. The second kappa shape index (κ2) is 15.4. The summed E-state index contributed by atoms with van der Waals surface area (Å²) in [6.07, 6.45) is 3.45. The van der Waals surface area contributed by atoms with Gasteiger partial charge in [0.1, 0.15) is 0 Å². The van der Waals surface area contributed by atoms with Crippen LogP contribution < -0.4 is 20.3 Å². The van der Waals surface area contributed by atoms with E-state index in [4.69, 9.17) is 0 Å². The van der Waals surface area contributed by atoms with Crippen LogP contribution in [0.15, 0.2) is 48.5 Å². The normalized spacial score (nSPS) is 17.3. The number of nitrogens with one attached hydrogen (secondary N) is 3. The van der Waals surface area contributed by atoms with E-state index in [0.717, 1.165) is 43.5 Å². The Hall–Kier alpha value is -2.01. The van der Waals surface area contributed by atoms with Crippen LogP contribution in [0.3, 0.4) is 0 Å². The summed E-state index contributed by atoms with van der Waals surface area (Å²) in [5, 5.41) is 20.5. The monoisotopic (exact) mass is 554 g/mol. The maximum absolute atomic E-state index is 13.5. The molecule has 1 amide bonds. The lowest BCUT2D eigenvalue weighted by atomic mass is 10.00. The molecular formula is C27H43ClN4O4S. The third kappa shape index (κ3) is 9.35. The van der Waals surface area contributed by atoms with Gasteiger partial charge in [0.05, 0.1) is 23.6 Å². The lowest BCUT2D eigenvalue weighted by Crippen LogP contribution is -2.49. The molecule has 0 bridgehead atoms. The topological polar surface area (TPSA) is 117 Å².